The first-order valence-corrected chi connectivity index (χ1v) is 10.3. The van der Waals surface area contributed by atoms with E-state index in [2.05, 4.69) is 15.0 Å². The zero-order chi connectivity index (χ0) is 28.3. The van der Waals surface area contributed by atoms with Crippen molar-refractivity contribution in [3.63, 3.8) is 0 Å². The lowest BCUT2D eigenvalue weighted by Crippen LogP contribution is -2.35. The molecule has 0 fully saturated rings. The van der Waals surface area contributed by atoms with Gasteiger partial charge in [-0.15, -0.1) is 13.2 Å². The Bertz CT molecular complexity index is 1310. The van der Waals surface area contributed by atoms with Crippen LogP contribution in [0.25, 0.3) is 0 Å². The van der Waals surface area contributed by atoms with E-state index in [-0.39, 0.29) is 11.3 Å². The third kappa shape index (κ3) is 7.30. The Balaban J connectivity index is 1.72. The second-order valence-electron chi connectivity index (χ2n) is 7.51. The van der Waals surface area contributed by atoms with Crippen molar-refractivity contribution in [2.75, 3.05) is 5.32 Å². The molecular formula is C23H15F8N3O4. The summed E-state index contributed by atoms with van der Waals surface area (Å²) in [6.07, 6.45) is -11.8. The van der Waals surface area contributed by atoms with Crippen molar-refractivity contribution in [2.24, 2.45) is 0 Å². The molecule has 0 aliphatic carbocycles. The Morgan fingerprint density at radius 3 is 2.08 bits per heavy atom. The first kappa shape index (κ1) is 28.1. The van der Waals surface area contributed by atoms with Crippen LogP contribution in [0.5, 0.6) is 11.6 Å². The van der Waals surface area contributed by atoms with E-state index in [0.717, 1.165) is 42.6 Å². The Hall–Kier alpha value is -4.43. The quantitative estimate of drug-likeness (QED) is 0.357. The molecule has 2 N–H and O–H groups in total. The summed E-state index contributed by atoms with van der Waals surface area (Å²) in [5.74, 6) is -5.07. The maximum atomic E-state index is 13.7. The van der Waals surface area contributed by atoms with Crippen LogP contribution >= 0.6 is 0 Å². The van der Waals surface area contributed by atoms with Gasteiger partial charge in [-0.3, -0.25) is 10.1 Å². The highest BCUT2D eigenvalue weighted by Crippen LogP contribution is 2.38. The fourth-order valence-electron chi connectivity index (χ4n) is 3.08. The summed E-state index contributed by atoms with van der Waals surface area (Å²) in [7, 11) is 0. The number of rotatable bonds is 6. The number of carbonyl (C=O) groups is 2. The topological polar surface area (TPSA) is 89.6 Å². The van der Waals surface area contributed by atoms with Gasteiger partial charge in [0.05, 0.1) is 11.9 Å². The standard InChI is InChI=1S/C23H15F8N3O4/c1-11-9-13(33-21(36)34-19(35)17-15(24)3-2-4-16(17)25)10-32-20(11)37-18(22(26,27)28)12-5-7-14(8-6-12)38-23(29,30)31/h2-10,18H,1H3,(H2,33,34,35,36). The smallest absolute Gasteiger partial charge is 0.460 e. The minimum atomic E-state index is -5.03. The van der Waals surface area contributed by atoms with Crippen LogP contribution in [-0.2, 0) is 0 Å². The number of aryl methyl sites for hydroxylation is 1. The lowest BCUT2D eigenvalue weighted by Gasteiger charge is -2.23. The van der Waals surface area contributed by atoms with Crippen molar-refractivity contribution in [3.05, 3.63) is 83.1 Å². The number of benzene rings is 2. The number of imide groups is 1. The number of urea groups is 1. The SMILES string of the molecule is Cc1cc(NC(=O)NC(=O)c2c(F)cccc2F)cnc1OC(c1ccc(OC(F)(F)F)cc1)C(F)(F)F. The molecule has 3 aromatic rings. The van der Waals surface area contributed by atoms with Gasteiger partial charge in [0.15, 0.2) is 0 Å². The van der Waals surface area contributed by atoms with Gasteiger partial charge >= 0.3 is 18.6 Å². The molecule has 202 valence electrons. The largest absolute Gasteiger partial charge is 0.573 e. The average molecular weight is 549 g/mol. The number of carbonyl (C=O) groups excluding carboxylic acids is 2. The number of ether oxygens (including phenoxy) is 2. The van der Waals surface area contributed by atoms with Gasteiger partial charge in [0.2, 0.25) is 12.0 Å². The van der Waals surface area contributed by atoms with E-state index < -0.39 is 65.0 Å². The van der Waals surface area contributed by atoms with Gasteiger partial charge in [0, 0.05) is 11.1 Å². The van der Waals surface area contributed by atoms with Gasteiger partial charge in [-0.25, -0.2) is 18.6 Å². The third-order valence-electron chi connectivity index (χ3n) is 4.65. The zero-order valence-electron chi connectivity index (χ0n) is 18.9. The van der Waals surface area contributed by atoms with E-state index in [1.165, 1.54) is 6.92 Å². The fraction of sp³-hybridized carbons (Fsp3) is 0.174. The summed E-state index contributed by atoms with van der Waals surface area (Å²) in [4.78, 5) is 27.7. The van der Waals surface area contributed by atoms with Crippen LogP contribution in [0, 0.1) is 18.6 Å². The number of alkyl halides is 6. The van der Waals surface area contributed by atoms with E-state index in [1.54, 1.807) is 5.32 Å². The Morgan fingerprint density at radius 1 is 0.947 bits per heavy atom. The van der Waals surface area contributed by atoms with Crippen LogP contribution in [0.1, 0.15) is 27.6 Å². The summed E-state index contributed by atoms with van der Waals surface area (Å²) in [6, 6.07) is 5.39. The van der Waals surface area contributed by atoms with E-state index >= 15 is 0 Å². The predicted molar refractivity (Wildman–Crippen MR) is 114 cm³/mol. The van der Waals surface area contributed by atoms with E-state index in [0.29, 0.717) is 12.1 Å². The van der Waals surface area contributed by atoms with Crippen LogP contribution in [0.3, 0.4) is 0 Å². The van der Waals surface area contributed by atoms with Crippen molar-refractivity contribution in [1.29, 1.82) is 0 Å². The zero-order valence-corrected chi connectivity index (χ0v) is 18.9. The molecule has 2 aromatic carbocycles. The number of hydrogen-bond donors (Lipinski definition) is 2. The summed E-state index contributed by atoms with van der Waals surface area (Å²) in [5.41, 5.74) is -1.68. The summed E-state index contributed by atoms with van der Waals surface area (Å²) < 4.78 is 114. The average Bonchev–Trinajstić information content (AvgIpc) is 2.77. The summed E-state index contributed by atoms with van der Waals surface area (Å²) in [6.45, 7) is 1.28. The van der Waals surface area contributed by atoms with Crippen molar-refractivity contribution in [1.82, 2.24) is 10.3 Å². The van der Waals surface area contributed by atoms with Gasteiger partial charge in [0.1, 0.15) is 22.9 Å². The molecule has 0 aliphatic rings. The van der Waals surface area contributed by atoms with Crippen LogP contribution in [0.4, 0.5) is 45.6 Å². The monoisotopic (exact) mass is 549 g/mol. The van der Waals surface area contributed by atoms with Crippen LogP contribution in [0.15, 0.2) is 54.7 Å². The number of hydrogen-bond acceptors (Lipinski definition) is 5. The van der Waals surface area contributed by atoms with Gasteiger partial charge in [0.25, 0.3) is 5.91 Å². The highest BCUT2D eigenvalue weighted by molar-refractivity contribution is 6.08. The Kier molecular flexibility index (Phi) is 8.07. The Morgan fingerprint density at radius 2 is 1.55 bits per heavy atom. The van der Waals surface area contributed by atoms with Crippen molar-refractivity contribution in [2.45, 2.75) is 25.6 Å². The third-order valence-corrected chi connectivity index (χ3v) is 4.65. The molecule has 38 heavy (non-hydrogen) atoms. The first-order chi connectivity index (χ1) is 17.6. The van der Waals surface area contributed by atoms with Crippen LogP contribution in [0.2, 0.25) is 0 Å². The first-order valence-electron chi connectivity index (χ1n) is 10.3. The van der Waals surface area contributed by atoms with Crippen molar-refractivity contribution in [3.8, 4) is 11.6 Å². The number of aromatic nitrogens is 1. The number of nitrogens with one attached hydrogen (secondary N) is 2. The van der Waals surface area contributed by atoms with E-state index in [1.807, 2.05) is 0 Å². The molecule has 1 aromatic heterocycles. The molecule has 0 bridgehead atoms. The molecule has 0 saturated carbocycles. The fourth-order valence-corrected chi connectivity index (χ4v) is 3.08. The van der Waals surface area contributed by atoms with Gasteiger partial charge in [-0.1, -0.05) is 18.2 Å². The molecule has 0 aliphatic heterocycles. The van der Waals surface area contributed by atoms with E-state index in [4.69, 9.17) is 4.74 Å². The normalized spacial score (nSPS) is 12.4. The van der Waals surface area contributed by atoms with E-state index in [9.17, 15) is 44.7 Å². The molecule has 1 atom stereocenters. The molecule has 7 nitrogen and oxygen atoms in total. The molecule has 0 saturated heterocycles. The number of pyridine rings is 1. The van der Waals surface area contributed by atoms with Crippen molar-refractivity contribution >= 4 is 17.6 Å². The predicted octanol–water partition coefficient (Wildman–Crippen LogP) is 6.21. The maximum Gasteiger partial charge on any atom is 0.573 e. The molecule has 1 heterocycles. The number of halogens is 8. The van der Waals surface area contributed by atoms with Crippen molar-refractivity contribution < 1.29 is 54.2 Å². The lowest BCUT2D eigenvalue weighted by atomic mass is 10.1. The number of amides is 3. The molecule has 1 unspecified atom stereocenters. The maximum absolute atomic E-state index is 13.7. The molecule has 3 rings (SSSR count). The second-order valence-corrected chi connectivity index (χ2v) is 7.51. The number of anilines is 1. The molecule has 15 heteroatoms. The highest BCUT2D eigenvalue weighted by Gasteiger charge is 2.43. The summed E-state index contributed by atoms with van der Waals surface area (Å²) >= 11 is 0. The molecule has 0 radical (unpaired) electrons. The summed E-state index contributed by atoms with van der Waals surface area (Å²) in [5, 5.41) is 3.82. The number of nitrogens with zero attached hydrogens (tertiary/aromatic N) is 1. The second kappa shape index (κ2) is 10.9. The van der Waals surface area contributed by atoms with Gasteiger partial charge in [-0.2, -0.15) is 13.2 Å². The van der Waals surface area contributed by atoms with Gasteiger partial charge in [-0.05, 0) is 37.3 Å². The lowest BCUT2D eigenvalue weighted by molar-refractivity contribution is -0.274. The van der Waals surface area contributed by atoms with Crippen LogP contribution in [-0.4, -0.2) is 29.5 Å². The Labute approximate surface area is 208 Å². The highest BCUT2D eigenvalue weighted by atomic mass is 19.4. The van der Waals surface area contributed by atoms with Gasteiger partial charge < -0.3 is 14.8 Å². The molecular weight excluding hydrogens is 534 g/mol. The molecule has 0 spiro atoms. The molecule has 3 amide bonds. The minimum absolute atomic E-state index is 0.0134. The minimum Gasteiger partial charge on any atom is -0.460 e. The van der Waals surface area contributed by atoms with Crippen LogP contribution < -0.4 is 20.1 Å².